The van der Waals surface area contributed by atoms with Gasteiger partial charge in [-0.15, -0.1) is 0 Å². The van der Waals surface area contributed by atoms with Crippen LogP contribution in [-0.2, 0) is 30.5 Å². The van der Waals surface area contributed by atoms with Crippen molar-refractivity contribution >= 4 is 47.2 Å². The van der Waals surface area contributed by atoms with Crippen LogP contribution in [-0.4, -0.2) is 49.5 Å². The minimum absolute atomic E-state index is 0.102. The van der Waals surface area contributed by atoms with E-state index in [2.05, 4.69) is 26.5 Å². The standard InChI is InChI=1S/C27H27N5O8/c1-4-39-27(37)17-6-8-18(9-7-17)30-24(34)23(33)28-14-19-10-11-20(40-19)15-29-32-26(36)25(35)31-21-13-16(2)5-12-22(21)38-3/h5-13,15H,4,14H2,1-3H3,(H,28,33)(H,30,34)(H,31,35)(H,32,36)/b29-15+. The molecule has 0 fully saturated rings. The summed E-state index contributed by atoms with van der Waals surface area (Å²) < 4.78 is 15.5. The fourth-order valence-corrected chi connectivity index (χ4v) is 3.20. The van der Waals surface area contributed by atoms with E-state index in [4.69, 9.17) is 13.9 Å². The molecule has 1 heterocycles. The van der Waals surface area contributed by atoms with E-state index < -0.39 is 29.6 Å². The molecule has 0 aliphatic rings. The van der Waals surface area contributed by atoms with E-state index in [9.17, 15) is 24.0 Å². The third-order valence-corrected chi connectivity index (χ3v) is 5.13. The predicted octanol–water partition coefficient (Wildman–Crippen LogP) is 2.12. The summed E-state index contributed by atoms with van der Waals surface area (Å²) >= 11 is 0. The van der Waals surface area contributed by atoms with Gasteiger partial charge in [0.15, 0.2) is 0 Å². The summed E-state index contributed by atoms with van der Waals surface area (Å²) in [5.41, 5.74) is 3.92. The van der Waals surface area contributed by atoms with Crippen LogP contribution in [0.25, 0.3) is 0 Å². The van der Waals surface area contributed by atoms with Gasteiger partial charge in [0.25, 0.3) is 0 Å². The lowest BCUT2D eigenvalue weighted by Crippen LogP contribution is -2.34. The summed E-state index contributed by atoms with van der Waals surface area (Å²) in [4.78, 5) is 60.2. The maximum absolute atomic E-state index is 12.2. The molecule has 208 valence electrons. The van der Waals surface area contributed by atoms with Crippen LogP contribution in [0.1, 0.15) is 34.4 Å². The number of carbonyl (C=O) groups is 5. The third-order valence-electron chi connectivity index (χ3n) is 5.13. The van der Waals surface area contributed by atoms with Crippen molar-refractivity contribution in [2.75, 3.05) is 24.4 Å². The highest BCUT2D eigenvalue weighted by molar-refractivity contribution is 6.40. The number of anilines is 2. The van der Waals surface area contributed by atoms with E-state index in [-0.39, 0.29) is 18.9 Å². The highest BCUT2D eigenvalue weighted by atomic mass is 16.5. The second-order valence-corrected chi connectivity index (χ2v) is 8.10. The zero-order chi connectivity index (χ0) is 29.1. The second kappa shape index (κ2) is 13.9. The van der Waals surface area contributed by atoms with Crippen molar-refractivity contribution in [1.82, 2.24) is 10.7 Å². The number of hydrogen-bond donors (Lipinski definition) is 4. The number of nitrogens with zero attached hydrogens (tertiary/aromatic N) is 1. The van der Waals surface area contributed by atoms with Crippen molar-refractivity contribution in [2.24, 2.45) is 5.10 Å². The Morgan fingerprint density at radius 3 is 2.33 bits per heavy atom. The highest BCUT2D eigenvalue weighted by Gasteiger charge is 2.16. The molecule has 13 heteroatoms. The smallest absolute Gasteiger partial charge is 0.338 e. The SMILES string of the molecule is CCOC(=O)c1ccc(NC(=O)C(=O)NCc2ccc(/C=N/NC(=O)C(=O)Nc3cc(C)ccc3OC)o2)cc1. The van der Waals surface area contributed by atoms with E-state index in [1.165, 1.54) is 43.5 Å². The van der Waals surface area contributed by atoms with Crippen LogP contribution in [0.3, 0.4) is 0 Å². The molecule has 40 heavy (non-hydrogen) atoms. The zero-order valence-electron chi connectivity index (χ0n) is 21.9. The van der Waals surface area contributed by atoms with Crippen molar-refractivity contribution in [3.63, 3.8) is 0 Å². The molecular formula is C27H27N5O8. The van der Waals surface area contributed by atoms with Crippen LogP contribution in [0.15, 0.2) is 64.1 Å². The molecule has 0 atom stereocenters. The van der Waals surface area contributed by atoms with Crippen molar-refractivity contribution in [3.05, 3.63) is 77.2 Å². The topological polar surface area (TPSA) is 177 Å². The molecule has 3 rings (SSSR count). The van der Waals surface area contributed by atoms with E-state index in [0.717, 1.165) is 11.8 Å². The van der Waals surface area contributed by atoms with Gasteiger partial charge >= 0.3 is 29.6 Å². The number of methoxy groups -OCH3 is 1. The maximum atomic E-state index is 12.2. The minimum atomic E-state index is -1.01. The van der Waals surface area contributed by atoms with Gasteiger partial charge in [0, 0.05) is 5.69 Å². The monoisotopic (exact) mass is 549 g/mol. The third kappa shape index (κ3) is 8.28. The Kier molecular flexibility index (Phi) is 10.1. The number of furan rings is 1. The van der Waals surface area contributed by atoms with Crippen LogP contribution < -0.4 is 26.1 Å². The number of hydrogen-bond acceptors (Lipinski definition) is 9. The van der Waals surface area contributed by atoms with E-state index >= 15 is 0 Å². The van der Waals surface area contributed by atoms with Gasteiger partial charge in [-0.1, -0.05) is 6.07 Å². The summed E-state index contributed by atoms with van der Waals surface area (Å²) in [6.45, 7) is 3.65. The molecule has 0 spiro atoms. The first-order chi connectivity index (χ1) is 19.2. The fourth-order valence-electron chi connectivity index (χ4n) is 3.20. The number of rotatable bonds is 9. The lowest BCUT2D eigenvalue weighted by Gasteiger charge is -2.10. The summed E-state index contributed by atoms with van der Waals surface area (Å²) in [6, 6.07) is 14.0. The number of esters is 1. The molecule has 0 radical (unpaired) electrons. The number of benzene rings is 2. The predicted molar refractivity (Wildman–Crippen MR) is 144 cm³/mol. The van der Waals surface area contributed by atoms with Gasteiger partial charge in [-0.2, -0.15) is 5.10 Å². The first kappa shape index (κ1) is 29.1. The Hall–Kier alpha value is -5.46. The first-order valence-electron chi connectivity index (χ1n) is 11.9. The van der Waals surface area contributed by atoms with Crippen LogP contribution in [0.5, 0.6) is 5.75 Å². The zero-order valence-corrected chi connectivity index (χ0v) is 21.9. The van der Waals surface area contributed by atoms with Gasteiger partial charge in [0.1, 0.15) is 17.3 Å². The summed E-state index contributed by atoms with van der Waals surface area (Å²) in [5, 5.41) is 11.0. The number of hydrazone groups is 1. The van der Waals surface area contributed by atoms with Crippen molar-refractivity contribution in [2.45, 2.75) is 20.4 Å². The second-order valence-electron chi connectivity index (χ2n) is 8.10. The minimum Gasteiger partial charge on any atom is -0.495 e. The van der Waals surface area contributed by atoms with Gasteiger partial charge < -0.3 is 29.8 Å². The molecule has 0 bridgehead atoms. The summed E-state index contributed by atoms with van der Waals surface area (Å²) in [5.74, 6) is -3.36. The van der Waals surface area contributed by atoms with Gasteiger partial charge in [0.2, 0.25) is 0 Å². The lowest BCUT2D eigenvalue weighted by molar-refractivity contribution is -0.136. The molecule has 4 amide bonds. The van der Waals surface area contributed by atoms with Gasteiger partial charge in [0.05, 0.1) is 37.7 Å². The van der Waals surface area contributed by atoms with E-state index in [1.807, 2.05) is 6.92 Å². The molecule has 0 saturated carbocycles. The Morgan fingerprint density at radius 1 is 0.900 bits per heavy atom. The number of aryl methyl sites for hydroxylation is 1. The van der Waals surface area contributed by atoms with E-state index in [0.29, 0.717) is 28.4 Å². The quantitative estimate of drug-likeness (QED) is 0.136. The molecule has 2 aromatic carbocycles. The van der Waals surface area contributed by atoms with Crippen molar-refractivity contribution in [3.8, 4) is 5.75 Å². The Morgan fingerprint density at radius 2 is 1.62 bits per heavy atom. The van der Waals surface area contributed by atoms with Crippen LogP contribution in [0.2, 0.25) is 0 Å². The Labute approximate surface area is 228 Å². The maximum Gasteiger partial charge on any atom is 0.338 e. The first-order valence-corrected chi connectivity index (χ1v) is 11.9. The summed E-state index contributed by atoms with van der Waals surface area (Å²) in [6.07, 6.45) is 1.16. The van der Waals surface area contributed by atoms with Crippen molar-refractivity contribution in [1.29, 1.82) is 0 Å². The molecule has 4 N–H and O–H groups in total. The molecule has 0 saturated heterocycles. The van der Waals surface area contributed by atoms with Crippen LogP contribution in [0, 0.1) is 6.92 Å². The largest absolute Gasteiger partial charge is 0.495 e. The Balaban J connectivity index is 1.44. The van der Waals surface area contributed by atoms with E-state index in [1.54, 1.807) is 25.1 Å². The molecule has 0 aliphatic carbocycles. The number of nitrogens with one attached hydrogen (secondary N) is 4. The van der Waals surface area contributed by atoms with Gasteiger partial charge in [-0.3, -0.25) is 19.2 Å². The average Bonchev–Trinajstić information content (AvgIpc) is 3.39. The molecule has 13 nitrogen and oxygen atoms in total. The average molecular weight is 550 g/mol. The molecular weight excluding hydrogens is 522 g/mol. The summed E-state index contributed by atoms with van der Waals surface area (Å²) in [7, 11) is 1.44. The highest BCUT2D eigenvalue weighted by Crippen LogP contribution is 2.25. The molecule has 0 unspecified atom stereocenters. The van der Waals surface area contributed by atoms with Crippen molar-refractivity contribution < 1.29 is 37.9 Å². The van der Waals surface area contributed by atoms with Crippen LogP contribution in [0.4, 0.5) is 11.4 Å². The normalized spacial score (nSPS) is 10.5. The lowest BCUT2D eigenvalue weighted by atomic mass is 10.2. The molecule has 1 aromatic heterocycles. The number of amides is 4. The molecule has 3 aromatic rings. The Bertz CT molecular complexity index is 1430. The van der Waals surface area contributed by atoms with Gasteiger partial charge in [-0.05, 0) is 67.9 Å². The fraction of sp³-hybridized carbons (Fsp3) is 0.185. The van der Waals surface area contributed by atoms with Crippen LogP contribution >= 0.6 is 0 Å². The number of ether oxygens (including phenoxy) is 2. The molecule has 0 aliphatic heterocycles. The van der Waals surface area contributed by atoms with Gasteiger partial charge in [-0.25, -0.2) is 10.2 Å². The number of carbonyl (C=O) groups excluding carboxylic acids is 5.